The van der Waals surface area contributed by atoms with Gasteiger partial charge in [-0.05, 0) is 25.0 Å². The Bertz CT molecular complexity index is 543. The summed E-state index contributed by atoms with van der Waals surface area (Å²) in [6.45, 7) is 4.16. The largest absolute Gasteiger partial charge is 0.394 e. The van der Waals surface area contributed by atoms with Crippen molar-refractivity contribution in [2.24, 2.45) is 15.7 Å². The van der Waals surface area contributed by atoms with Gasteiger partial charge >= 0.3 is 0 Å². The molecule has 0 unspecified atom stereocenters. The molecule has 0 saturated carbocycles. The highest BCUT2D eigenvalue weighted by atomic mass is 15.4. The van der Waals surface area contributed by atoms with Crippen molar-refractivity contribution in [1.29, 1.82) is 0 Å². The Kier molecular flexibility index (Phi) is 1.68. The van der Waals surface area contributed by atoms with Crippen LogP contribution >= 0.6 is 0 Å². The van der Waals surface area contributed by atoms with E-state index in [0.717, 1.165) is 17.5 Å². The van der Waals surface area contributed by atoms with E-state index in [1.807, 2.05) is 11.0 Å². The van der Waals surface area contributed by atoms with Gasteiger partial charge in [-0.3, -0.25) is 4.90 Å². The standard InChI is InChI=1S/C12H12N4/c1-7-4-3-5-8(2)10(7)16-11-9(13)6-14-12(16)15-11/h3-6H,13H2,1-2H3. The summed E-state index contributed by atoms with van der Waals surface area (Å²) < 4.78 is 0. The van der Waals surface area contributed by atoms with Gasteiger partial charge in [0.05, 0.1) is 17.6 Å². The lowest BCUT2D eigenvalue weighted by Crippen LogP contribution is -2.50. The lowest BCUT2D eigenvalue weighted by molar-refractivity contribution is 1.14. The molecule has 0 saturated heterocycles. The SMILES string of the molecule is Cc1cccc(C)c1N1c2ncc(N)c1n2. The third kappa shape index (κ3) is 1.04. The monoisotopic (exact) mass is 212 g/mol. The Labute approximate surface area is 93.8 Å². The Morgan fingerprint density at radius 1 is 1.19 bits per heavy atom. The van der Waals surface area contributed by atoms with Crippen molar-refractivity contribution in [2.45, 2.75) is 13.8 Å². The third-order valence-electron chi connectivity index (χ3n) is 2.86. The van der Waals surface area contributed by atoms with Crippen LogP contribution in [0.3, 0.4) is 0 Å². The summed E-state index contributed by atoms with van der Waals surface area (Å²) in [4.78, 5) is 10.4. The lowest BCUT2D eigenvalue weighted by Gasteiger charge is -2.36. The van der Waals surface area contributed by atoms with Gasteiger partial charge < -0.3 is 5.73 Å². The van der Waals surface area contributed by atoms with Gasteiger partial charge in [0.1, 0.15) is 0 Å². The van der Waals surface area contributed by atoms with Crippen molar-refractivity contribution in [3.05, 3.63) is 41.2 Å². The van der Waals surface area contributed by atoms with E-state index < -0.39 is 0 Å². The molecule has 2 bridgehead atoms. The summed E-state index contributed by atoms with van der Waals surface area (Å²) >= 11 is 0. The molecule has 0 atom stereocenters. The smallest absolute Gasteiger partial charge is 0.238 e. The average Bonchev–Trinajstić information content (AvgIpc) is 2.23. The van der Waals surface area contributed by atoms with E-state index in [1.54, 1.807) is 6.20 Å². The number of anilines is 1. The summed E-state index contributed by atoms with van der Waals surface area (Å²) in [6, 6.07) is 6.21. The van der Waals surface area contributed by atoms with E-state index in [-0.39, 0.29) is 0 Å². The zero-order chi connectivity index (χ0) is 11.3. The van der Waals surface area contributed by atoms with Gasteiger partial charge in [-0.2, -0.15) is 4.99 Å². The van der Waals surface area contributed by atoms with Crippen molar-refractivity contribution in [3.63, 3.8) is 0 Å². The minimum absolute atomic E-state index is 0.623. The second kappa shape index (κ2) is 2.95. The number of para-hydroxylation sites is 1. The summed E-state index contributed by atoms with van der Waals surface area (Å²) in [5, 5.41) is 0. The number of fused-ring (bicyclic) bond motifs is 2. The molecule has 2 aliphatic heterocycles. The van der Waals surface area contributed by atoms with Crippen LogP contribution in [0.1, 0.15) is 11.1 Å². The minimum atomic E-state index is 0.623. The van der Waals surface area contributed by atoms with Crippen LogP contribution in [0.5, 0.6) is 0 Å². The van der Waals surface area contributed by atoms with E-state index >= 15 is 0 Å². The fourth-order valence-corrected chi connectivity index (χ4v) is 2.07. The molecule has 0 spiro atoms. The first-order chi connectivity index (χ1) is 7.68. The van der Waals surface area contributed by atoms with Crippen LogP contribution in [0.25, 0.3) is 0 Å². The molecule has 0 aromatic heterocycles. The van der Waals surface area contributed by atoms with Crippen molar-refractivity contribution >= 4 is 17.5 Å². The Balaban J connectivity index is 2.13. The van der Waals surface area contributed by atoms with Crippen molar-refractivity contribution in [1.82, 2.24) is 0 Å². The summed E-state index contributed by atoms with van der Waals surface area (Å²) in [6.07, 6.45) is 1.65. The molecule has 80 valence electrons. The molecule has 0 amide bonds. The molecule has 0 radical (unpaired) electrons. The summed E-state index contributed by atoms with van der Waals surface area (Å²) in [5.74, 6) is 1.53. The highest BCUT2D eigenvalue weighted by Gasteiger charge is 2.34. The number of rotatable bonds is 1. The average molecular weight is 212 g/mol. The quantitative estimate of drug-likeness (QED) is 0.770. The molecule has 1 aromatic rings. The van der Waals surface area contributed by atoms with Crippen LogP contribution in [0.15, 0.2) is 40.1 Å². The molecule has 3 rings (SSSR count). The molecule has 4 heteroatoms. The fourth-order valence-electron chi connectivity index (χ4n) is 2.07. The molecular weight excluding hydrogens is 200 g/mol. The van der Waals surface area contributed by atoms with Crippen molar-refractivity contribution in [2.75, 3.05) is 4.90 Å². The molecule has 1 aromatic carbocycles. The van der Waals surface area contributed by atoms with E-state index in [2.05, 4.69) is 36.0 Å². The minimum Gasteiger partial charge on any atom is -0.394 e. The topological polar surface area (TPSA) is 54.0 Å². The third-order valence-corrected chi connectivity index (χ3v) is 2.86. The van der Waals surface area contributed by atoms with Gasteiger partial charge in [0.2, 0.25) is 5.96 Å². The van der Waals surface area contributed by atoms with E-state index in [9.17, 15) is 0 Å². The number of aliphatic imine (C=N–C) groups is 2. The molecule has 2 heterocycles. The molecule has 16 heavy (non-hydrogen) atoms. The summed E-state index contributed by atoms with van der Waals surface area (Å²) in [7, 11) is 0. The van der Waals surface area contributed by atoms with Crippen LogP contribution in [-0.2, 0) is 0 Å². The van der Waals surface area contributed by atoms with Gasteiger partial charge in [-0.25, -0.2) is 4.99 Å². The number of benzene rings is 1. The zero-order valence-corrected chi connectivity index (χ0v) is 9.23. The number of nitrogens with zero attached hydrogens (tertiary/aromatic N) is 3. The Morgan fingerprint density at radius 2 is 1.88 bits per heavy atom. The molecule has 0 fully saturated rings. The maximum Gasteiger partial charge on any atom is 0.238 e. The van der Waals surface area contributed by atoms with Crippen LogP contribution in [-0.4, -0.2) is 11.8 Å². The molecule has 2 aliphatic rings. The molecule has 0 aliphatic carbocycles. The second-order valence-corrected chi connectivity index (χ2v) is 4.02. The van der Waals surface area contributed by atoms with E-state index in [1.165, 1.54) is 11.1 Å². The van der Waals surface area contributed by atoms with E-state index in [0.29, 0.717) is 5.70 Å². The van der Waals surface area contributed by atoms with Gasteiger partial charge in [-0.1, -0.05) is 18.2 Å². The molecule has 2 N–H and O–H groups in total. The van der Waals surface area contributed by atoms with Gasteiger partial charge in [0.15, 0.2) is 5.84 Å². The van der Waals surface area contributed by atoms with Gasteiger partial charge in [-0.15, -0.1) is 0 Å². The lowest BCUT2D eigenvalue weighted by atomic mass is 10.1. The predicted molar refractivity (Wildman–Crippen MR) is 65.5 cm³/mol. The maximum atomic E-state index is 5.83. The number of guanidine groups is 1. The normalized spacial score (nSPS) is 17.4. The highest BCUT2D eigenvalue weighted by Crippen LogP contribution is 2.32. The van der Waals surface area contributed by atoms with Crippen LogP contribution in [0.2, 0.25) is 0 Å². The zero-order valence-electron chi connectivity index (χ0n) is 9.23. The second-order valence-electron chi connectivity index (χ2n) is 4.02. The number of nitrogens with two attached hydrogens (primary N) is 1. The van der Waals surface area contributed by atoms with Crippen LogP contribution in [0, 0.1) is 13.8 Å². The number of hydrogen-bond acceptors (Lipinski definition) is 4. The Morgan fingerprint density at radius 3 is 2.44 bits per heavy atom. The first kappa shape index (κ1) is 9.15. The highest BCUT2D eigenvalue weighted by molar-refractivity contribution is 6.36. The molecule has 4 nitrogen and oxygen atoms in total. The molecular formula is C12H12N4. The fraction of sp³-hybridized carbons (Fsp3) is 0.167. The first-order valence-corrected chi connectivity index (χ1v) is 5.17. The van der Waals surface area contributed by atoms with Crippen LogP contribution in [0.4, 0.5) is 5.69 Å². The van der Waals surface area contributed by atoms with Crippen LogP contribution < -0.4 is 10.6 Å². The number of hydrogen-bond donors (Lipinski definition) is 1. The van der Waals surface area contributed by atoms with Crippen molar-refractivity contribution < 1.29 is 0 Å². The number of aryl methyl sites for hydroxylation is 2. The first-order valence-electron chi connectivity index (χ1n) is 5.17. The van der Waals surface area contributed by atoms with Crippen molar-refractivity contribution in [3.8, 4) is 0 Å². The maximum absolute atomic E-state index is 5.83. The van der Waals surface area contributed by atoms with E-state index in [4.69, 9.17) is 5.73 Å². The predicted octanol–water partition coefficient (Wildman–Crippen LogP) is 1.69. The van der Waals surface area contributed by atoms with Gasteiger partial charge in [0.25, 0.3) is 0 Å². The Hall–Kier alpha value is -2.10. The number of amidine groups is 1. The van der Waals surface area contributed by atoms with Gasteiger partial charge in [0, 0.05) is 0 Å². The summed E-state index contributed by atoms with van der Waals surface area (Å²) in [5.41, 5.74) is 10.00.